The minimum atomic E-state index is -0.783. The number of carboxylic acids is 1. The van der Waals surface area contributed by atoms with Crippen molar-refractivity contribution in [3.63, 3.8) is 0 Å². The number of aliphatic carboxylic acids is 1. The lowest BCUT2D eigenvalue weighted by Gasteiger charge is -2.09. The van der Waals surface area contributed by atoms with Crippen LogP contribution >= 0.6 is 0 Å². The van der Waals surface area contributed by atoms with Crippen LogP contribution in [0.4, 0.5) is 0 Å². The molecule has 1 heterocycles. The molecule has 2 rings (SSSR count). The van der Waals surface area contributed by atoms with Gasteiger partial charge in [-0.25, -0.2) is 0 Å². The van der Waals surface area contributed by atoms with Crippen molar-refractivity contribution in [1.29, 1.82) is 0 Å². The summed E-state index contributed by atoms with van der Waals surface area (Å²) in [5, 5.41) is 9.92. The van der Waals surface area contributed by atoms with E-state index in [2.05, 4.69) is 0 Å². The van der Waals surface area contributed by atoms with Crippen molar-refractivity contribution in [3.8, 4) is 5.75 Å². The fourth-order valence-electron chi connectivity index (χ4n) is 1.91. The Morgan fingerprint density at radius 3 is 2.88 bits per heavy atom. The van der Waals surface area contributed by atoms with Gasteiger partial charge < -0.3 is 14.4 Å². The second kappa shape index (κ2) is 4.49. The van der Waals surface area contributed by atoms with Gasteiger partial charge in [-0.15, -0.1) is 0 Å². The maximum atomic E-state index is 10.8. The maximum Gasteiger partial charge on any atom is 0.308 e. The Balaban J connectivity index is 2.40. The van der Waals surface area contributed by atoms with Crippen LogP contribution in [0.2, 0.25) is 0 Å². The summed E-state index contributed by atoms with van der Waals surface area (Å²) in [5.74, 6) is -0.379. The van der Waals surface area contributed by atoms with Crippen LogP contribution in [0.15, 0.2) is 30.5 Å². The second-order valence-corrected chi connectivity index (χ2v) is 4.10. The van der Waals surface area contributed by atoms with Crippen molar-refractivity contribution < 1.29 is 14.6 Å². The number of methoxy groups -OCH3 is 1. The molecule has 2 aromatic rings. The van der Waals surface area contributed by atoms with E-state index in [4.69, 9.17) is 9.84 Å². The molecule has 0 saturated carbocycles. The van der Waals surface area contributed by atoms with E-state index >= 15 is 0 Å². The number of hydrogen-bond acceptors (Lipinski definition) is 2. The minimum absolute atomic E-state index is 0.406. The first kappa shape index (κ1) is 11.5. The Bertz CT molecular complexity index is 545. The first-order valence-electron chi connectivity index (χ1n) is 5.48. The maximum absolute atomic E-state index is 10.8. The predicted octanol–water partition coefficient (Wildman–Crippen LogP) is 2.37. The molecule has 1 atom stereocenters. The smallest absolute Gasteiger partial charge is 0.308 e. The molecule has 0 aliphatic rings. The lowest BCUT2D eigenvalue weighted by molar-refractivity contribution is -0.141. The Labute approximate surface area is 99.4 Å². The van der Waals surface area contributed by atoms with Gasteiger partial charge in [0.2, 0.25) is 0 Å². The number of hydrogen-bond donors (Lipinski definition) is 1. The largest absolute Gasteiger partial charge is 0.496 e. The summed E-state index contributed by atoms with van der Waals surface area (Å²) in [4.78, 5) is 10.8. The van der Waals surface area contributed by atoms with Crippen LogP contribution in [0.5, 0.6) is 5.75 Å². The molecule has 0 radical (unpaired) electrons. The number of nitrogens with zero attached hydrogens (tertiary/aromatic N) is 1. The average Bonchev–Trinajstić information content (AvgIpc) is 2.72. The summed E-state index contributed by atoms with van der Waals surface area (Å²) >= 11 is 0. The average molecular weight is 233 g/mol. The molecule has 0 saturated heterocycles. The molecule has 4 heteroatoms. The lowest BCUT2D eigenvalue weighted by Crippen LogP contribution is -2.16. The Hall–Kier alpha value is -1.97. The van der Waals surface area contributed by atoms with E-state index in [1.54, 1.807) is 14.0 Å². The van der Waals surface area contributed by atoms with Gasteiger partial charge in [-0.05, 0) is 18.2 Å². The number of carbonyl (C=O) groups is 1. The second-order valence-electron chi connectivity index (χ2n) is 4.10. The number of ether oxygens (including phenoxy) is 1. The van der Waals surface area contributed by atoms with Gasteiger partial charge in [-0.2, -0.15) is 0 Å². The topological polar surface area (TPSA) is 51.5 Å². The molecule has 0 fully saturated rings. The summed E-state index contributed by atoms with van der Waals surface area (Å²) in [6.45, 7) is 2.17. The monoisotopic (exact) mass is 233 g/mol. The number of fused-ring (bicyclic) bond motifs is 1. The third-order valence-corrected chi connectivity index (χ3v) is 2.89. The van der Waals surface area contributed by atoms with E-state index in [0.29, 0.717) is 6.54 Å². The summed E-state index contributed by atoms with van der Waals surface area (Å²) in [7, 11) is 1.63. The van der Waals surface area contributed by atoms with E-state index in [1.807, 2.05) is 35.0 Å². The Morgan fingerprint density at radius 1 is 1.47 bits per heavy atom. The molecule has 1 aromatic heterocycles. The van der Waals surface area contributed by atoms with Crippen LogP contribution in [-0.4, -0.2) is 22.8 Å². The van der Waals surface area contributed by atoms with Gasteiger partial charge in [-0.1, -0.05) is 13.0 Å². The van der Waals surface area contributed by atoms with Gasteiger partial charge in [0.1, 0.15) is 5.75 Å². The highest BCUT2D eigenvalue weighted by molar-refractivity contribution is 5.86. The number of carboxylic acid groups (broad SMARTS) is 1. The molecule has 0 spiro atoms. The molecular formula is C13H15NO3. The normalized spacial score (nSPS) is 12.6. The van der Waals surface area contributed by atoms with Crippen molar-refractivity contribution in [2.45, 2.75) is 13.5 Å². The van der Waals surface area contributed by atoms with Gasteiger partial charge in [0.25, 0.3) is 0 Å². The SMILES string of the molecule is COc1cccc2c1ccn2CC(C)C(=O)O. The summed E-state index contributed by atoms with van der Waals surface area (Å²) in [6, 6.07) is 7.71. The van der Waals surface area contributed by atoms with Crippen molar-refractivity contribution in [2.75, 3.05) is 7.11 Å². The van der Waals surface area contributed by atoms with Crippen molar-refractivity contribution in [2.24, 2.45) is 5.92 Å². The third-order valence-electron chi connectivity index (χ3n) is 2.89. The van der Waals surface area contributed by atoms with Crippen molar-refractivity contribution in [1.82, 2.24) is 4.57 Å². The first-order valence-corrected chi connectivity index (χ1v) is 5.48. The highest BCUT2D eigenvalue weighted by Crippen LogP contribution is 2.26. The van der Waals surface area contributed by atoms with Crippen molar-refractivity contribution in [3.05, 3.63) is 30.5 Å². The quantitative estimate of drug-likeness (QED) is 0.882. The highest BCUT2D eigenvalue weighted by Gasteiger charge is 2.13. The molecule has 0 bridgehead atoms. The Morgan fingerprint density at radius 2 is 2.24 bits per heavy atom. The van der Waals surface area contributed by atoms with Gasteiger partial charge >= 0.3 is 5.97 Å². The van der Waals surface area contributed by atoms with Gasteiger partial charge in [0.15, 0.2) is 0 Å². The molecule has 4 nitrogen and oxygen atoms in total. The van der Waals surface area contributed by atoms with Gasteiger partial charge in [0, 0.05) is 18.1 Å². The Kier molecular flexibility index (Phi) is 3.04. The molecule has 0 aliphatic carbocycles. The standard InChI is InChI=1S/C13H15NO3/c1-9(13(15)16)8-14-7-6-10-11(14)4-3-5-12(10)17-2/h3-7,9H,8H2,1-2H3,(H,15,16). The number of benzene rings is 1. The zero-order chi connectivity index (χ0) is 12.4. The molecule has 1 N–H and O–H groups in total. The molecule has 1 aromatic carbocycles. The van der Waals surface area contributed by atoms with Crippen LogP contribution < -0.4 is 4.74 Å². The minimum Gasteiger partial charge on any atom is -0.496 e. The molecule has 17 heavy (non-hydrogen) atoms. The zero-order valence-electron chi connectivity index (χ0n) is 9.88. The molecular weight excluding hydrogens is 218 g/mol. The van der Waals surface area contributed by atoms with Crippen LogP contribution in [0, 0.1) is 5.92 Å². The fourth-order valence-corrected chi connectivity index (χ4v) is 1.91. The predicted molar refractivity (Wildman–Crippen MR) is 65.3 cm³/mol. The van der Waals surface area contributed by atoms with Gasteiger partial charge in [-0.3, -0.25) is 4.79 Å². The van der Waals surface area contributed by atoms with Crippen LogP contribution in [0.3, 0.4) is 0 Å². The van der Waals surface area contributed by atoms with E-state index < -0.39 is 11.9 Å². The fraction of sp³-hybridized carbons (Fsp3) is 0.308. The zero-order valence-corrected chi connectivity index (χ0v) is 9.88. The summed E-state index contributed by atoms with van der Waals surface area (Å²) < 4.78 is 7.20. The number of rotatable bonds is 4. The van der Waals surface area contributed by atoms with E-state index in [0.717, 1.165) is 16.7 Å². The molecule has 0 amide bonds. The highest BCUT2D eigenvalue weighted by atomic mass is 16.5. The molecule has 1 unspecified atom stereocenters. The van der Waals surface area contributed by atoms with E-state index in [1.165, 1.54) is 0 Å². The van der Waals surface area contributed by atoms with Crippen LogP contribution in [-0.2, 0) is 11.3 Å². The van der Waals surface area contributed by atoms with Crippen molar-refractivity contribution >= 4 is 16.9 Å². The molecule has 0 aliphatic heterocycles. The van der Waals surface area contributed by atoms with Crippen LogP contribution in [0.25, 0.3) is 10.9 Å². The molecule has 90 valence electrons. The summed E-state index contributed by atoms with van der Waals surface area (Å²) in [6.07, 6.45) is 1.90. The van der Waals surface area contributed by atoms with E-state index in [-0.39, 0.29) is 0 Å². The third kappa shape index (κ3) is 2.11. The van der Waals surface area contributed by atoms with Crippen LogP contribution in [0.1, 0.15) is 6.92 Å². The first-order chi connectivity index (χ1) is 8.13. The van der Waals surface area contributed by atoms with E-state index in [9.17, 15) is 4.79 Å². The van der Waals surface area contributed by atoms with Gasteiger partial charge in [0.05, 0.1) is 18.5 Å². The lowest BCUT2D eigenvalue weighted by atomic mass is 10.2. The number of aromatic nitrogens is 1. The summed E-state index contributed by atoms with van der Waals surface area (Å²) in [5.41, 5.74) is 0.998.